The highest BCUT2D eigenvalue weighted by Gasteiger charge is 2.80. The number of hydrogen-bond acceptors (Lipinski definition) is 23. The summed E-state index contributed by atoms with van der Waals surface area (Å²) in [6.07, 6.45) is -1.61. The molecule has 31 nitrogen and oxygen atoms in total. The van der Waals surface area contributed by atoms with Crippen LogP contribution >= 0.6 is 13.5 Å². The van der Waals surface area contributed by atoms with Crippen molar-refractivity contribution in [2.75, 3.05) is 136 Å². The number of nitrogens with two attached hydrogens (primary N) is 1. The van der Waals surface area contributed by atoms with E-state index in [2.05, 4.69) is 42.2 Å². The third kappa shape index (κ3) is 22.9. The van der Waals surface area contributed by atoms with Crippen molar-refractivity contribution in [3.05, 3.63) is 108 Å². The maximum absolute atomic E-state index is 18.0. The van der Waals surface area contributed by atoms with Gasteiger partial charge in [-0.05, 0) is 111 Å². The van der Waals surface area contributed by atoms with Crippen LogP contribution in [0.4, 0.5) is 29.7 Å². The maximum atomic E-state index is 18.0. The summed E-state index contributed by atoms with van der Waals surface area (Å²) in [6, 6.07) is 20.1. The van der Waals surface area contributed by atoms with Crippen LogP contribution in [-0.4, -0.2) is 241 Å². The smallest absolute Gasteiger partial charge is 0.407 e. The van der Waals surface area contributed by atoms with E-state index in [4.69, 9.17) is 53.1 Å². The zero-order chi connectivity index (χ0) is 83.7. The summed E-state index contributed by atoms with van der Waals surface area (Å²) in [7, 11) is 1.87. The van der Waals surface area contributed by atoms with Gasteiger partial charge >= 0.3 is 12.1 Å². The Morgan fingerprint density at radius 3 is 2.06 bits per heavy atom. The largest absolute Gasteiger partial charge is 0.445 e. The second-order valence-electron chi connectivity index (χ2n) is 31.1. The van der Waals surface area contributed by atoms with Crippen LogP contribution in [0.5, 0.6) is 0 Å². The molecule has 7 amide bonds. The fourth-order valence-corrected chi connectivity index (χ4v) is 17.1. The molecule has 6 aliphatic rings. The molecular formula is C84H117F2N11O20S. The summed E-state index contributed by atoms with van der Waals surface area (Å²) in [6.45, 7) is 14.3. The Morgan fingerprint density at radius 2 is 1.39 bits per heavy atom. The van der Waals surface area contributed by atoms with Gasteiger partial charge < -0.3 is 95.0 Å². The topological polar surface area (TPSA) is 398 Å². The number of nitrogens with zero attached hydrogens (tertiary/aromatic N) is 4. The summed E-state index contributed by atoms with van der Waals surface area (Å²) in [5.74, 6) is -5.89. The highest BCUT2D eigenvalue weighted by Crippen LogP contribution is 2.72. The number of aliphatic hydroxyl groups excluding tert-OH is 1. The summed E-state index contributed by atoms with van der Waals surface area (Å²) < 4.78 is 94.0. The van der Waals surface area contributed by atoms with Crippen LogP contribution in [0.3, 0.4) is 0 Å². The van der Waals surface area contributed by atoms with Gasteiger partial charge in [-0.25, -0.2) is 23.1 Å². The van der Waals surface area contributed by atoms with Crippen LogP contribution in [0.25, 0.3) is 22.5 Å². The monoisotopic (exact) mass is 1670 g/mol. The van der Waals surface area contributed by atoms with Gasteiger partial charge in [0.2, 0.25) is 23.6 Å². The summed E-state index contributed by atoms with van der Waals surface area (Å²) in [5, 5.41) is 37.7. The lowest BCUT2D eigenvalue weighted by atomic mass is 9.44. The number of hydrogen-bond donors (Lipinski definition) is 8. The van der Waals surface area contributed by atoms with Crippen LogP contribution in [0.15, 0.2) is 96.6 Å². The van der Waals surface area contributed by atoms with Crippen molar-refractivity contribution in [2.45, 2.75) is 167 Å². The molecular weight excluding hydrogens is 1550 g/mol. The zero-order valence-corrected chi connectivity index (χ0v) is 69.3. The number of amides is 7. The number of halogens is 2. The molecule has 12 atom stereocenters. The van der Waals surface area contributed by atoms with E-state index in [-0.39, 0.29) is 173 Å². The summed E-state index contributed by atoms with van der Waals surface area (Å²) in [4.78, 5) is 122. The highest BCUT2D eigenvalue weighted by molar-refractivity contribution is 7.59. The minimum Gasteiger partial charge on any atom is -0.445 e. The molecule has 648 valence electrons. The normalized spacial score (nSPS) is 23.7. The number of primary amides is 1. The Hall–Kier alpha value is -8.52. The predicted octanol–water partition coefficient (Wildman–Crippen LogP) is 7.00. The maximum Gasteiger partial charge on any atom is 0.407 e. The number of nitrogens with one attached hydrogen (secondary N) is 6. The van der Waals surface area contributed by atoms with E-state index in [0.717, 1.165) is 35.0 Å². The molecule has 9 N–H and O–H groups in total. The number of alkyl carbamates (subject to hydrolysis) is 1. The first-order valence-electron chi connectivity index (χ1n) is 40.7. The quantitative estimate of drug-likeness (QED) is 0.0206. The van der Waals surface area contributed by atoms with Gasteiger partial charge in [0.1, 0.15) is 18.5 Å². The van der Waals surface area contributed by atoms with Gasteiger partial charge in [-0.15, -0.1) is 5.10 Å². The Morgan fingerprint density at radius 1 is 0.746 bits per heavy atom. The lowest BCUT2D eigenvalue weighted by Gasteiger charge is -2.63. The Labute approximate surface area is 694 Å². The average Bonchev–Trinajstić information content (AvgIpc) is 1.46. The van der Waals surface area contributed by atoms with Gasteiger partial charge in [-0.1, -0.05) is 100 Å². The lowest BCUT2D eigenvalue weighted by molar-refractivity contribution is -0.233. The van der Waals surface area contributed by atoms with Crippen LogP contribution < -0.4 is 42.5 Å². The fraction of sp³-hybridized carbons (Fsp3) is 0.607. The van der Waals surface area contributed by atoms with Gasteiger partial charge in [0.05, 0.1) is 142 Å². The first-order valence-corrected chi connectivity index (χ1v) is 40.7. The Balaban J connectivity index is 0.0000159. The number of allylic oxidation sites excluding steroid dienone is 4. The Bertz CT molecular complexity index is 4120. The first kappa shape index (κ1) is 93.3. The van der Waals surface area contributed by atoms with E-state index in [1.165, 1.54) is 19.1 Å². The number of fused-ring (bicyclic) bond motifs is 12. The molecule has 3 aromatic carbocycles. The molecule has 0 radical (unpaired) electrons. The molecule has 1 aromatic heterocycles. The fourth-order valence-electron chi connectivity index (χ4n) is 17.1. The molecule has 4 fully saturated rings. The molecule has 3 heterocycles. The number of Topliss-reactive ketones (excluding diaryl/α,β-unsaturated/α-hetero) is 2. The van der Waals surface area contributed by atoms with E-state index in [1.54, 1.807) is 54.6 Å². The predicted molar refractivity (Wildman–Crippen MR) is 435 cm³/mol. The van der Waals surface area contributed by atoms with Crippen molar-refractivity contribution in [3.63, 3.8) is 0 Å². The second kappa shape index (κ2) is 44.7. The number of carbonyl (C=O) groups is 9. The van der Waals surface area contributed by atoms with E-state index in [9.17, 15) is 48.3 Å². The van der Waals surface area contributed by atoms with Gasteiger partial charge in [0.15, 0.2) is 34.9 Å². The molecule has 0 unspecified atom stereocenters. The van der Waals surface area contributed by atoms with Gasteiger partial charge in [-0.3, -0.25) is 33.6 Å². The molecule has 1 saturated heterocycles. The number of ketones is 3. The molecule has 0 bridgehead atoms. The Kier molecular flexibility index (Phi) is 35.3. The van der Waals surface area contributed by atoms with Crippen molar-refractivity contribution < 1.29 is 104 Å². The molecule has 118 heavy (non-hydrogen) atoms. The van der Waals surface area contributed by atoms with Crippen LogP contribution in [0.1, 0.15) is 116 Å². The van der Waals surface area contributed by atoms with Crippen molar-refractivity contribution in [1.82, 2.24) is 41.6 Å². The van der Waals surface area contributed by atoms with Gasteiger partial charge in [-0.2, -0.15) is 13.5 Å². The van der Waals surface area contributed by atoms with Crippen molar-refractivity contribution in [2.24, 2.45) is 40.2 Å². The SMILES string of the molecule is CCC[C@H]1O[C@@H]2C[C@H]3[C@@H]4C[C@H](F)C5=CC(=O)C=C[C@]5(C)[C@@]4(F)[C@@H](O)C[C@]3(C)[C@]2(C(=O)CNC(=O)OCc2ccc(NC(=O)[C@H](CCCNC(N)=O)CC(=O)[C@@H](NC(=O)CCOCCOCCOCCOCCNC(=O)CCC(=O)N3Cc4ccccc4-c4nnn(CCOCCOCCOCCNC)c4-c4ccccc43)C(C)C)cc2)O1.S. The summed E-state index contributed by atoms with van der Waals surface area (Å²) >= 11 is 0. The molecule has 10 rings (SSSR count). The molecule has 3 saturated carbocycles. The van der Waals surface area contributed by atoms with Crippen molar-refractivity contribution in [3.8, 4) is 22.5 Å². The van der Waals surface area contributed by atoms with Crippen LogP contribution in [0, 0.1) is 34.5 Å². The average molecular weight is 1670 g/mol. The minimum atomic E-state index is -2.39. The highest BCUT2D eigenvalue weighted by atomic mass is 32.1. The zero-order valence-electron chi connectivity index (χ0n) is 68.3. The van der Waals surface area contributed by atoms with Crippen molar-refractivity contribution in [1.29, 1.82) is 0 Å². The molecule has 34 heteroatoms. The summed E-state index contributed by atoms with van der Waals surface area (Å²) in [5.41, 5.74) is 3.75. The number of alkyl halides is 2. The first-order chi connectivity index (χ1) is 56.4. The number of aliphatic hydroxyl groups is 1. The molecule has 0 spiro atoms. The number of ether oxygens (including phenoxy) is 10. The van der Waals surface area contributed by atoms with Gasteiger partial charge in [0.25, 0.3) is 0 Å². The van der Waals surface area contributed by atoms with Crippen LogP contribution in [0.2, 0.25) is 0 Å². The standard InChI is InChI=1S/C84H115F2N11O20.H2S/c1-7-13-74-116-70-49-62-63-48-65(85)64-47-59(98)25-27-81(64,4)83(63,86)68(100)50-82(62,5)84(70,117-74)69(101)51-91-80(107)115-53-55-19-21-58(22-20-55)92-78(105)56(15-12-28-90-79(87)106)46-67(99)75(54(2)3)93-72(103)26-32-108-36-40-112-44-45-114-42-38-110-34-30-89-71(102)23-24-73(104)96-52-57-14-8-9-16-60(57)76-77(61-17-10-11-18-66(61)96)97(95-94-76)31-35-111-39-43-113-41-37-109-33-29-88-6;/h8-11,14,16-22,25,27,47,54,56,62-63,65,68,70,74-75,88,100H,7,12-13,15,23-24,26,28-46,48-53H2,1-6H3,(H,89,102)(H,91,107)(H,92,105)(H,93,103)(H3,87,90,106);1H2/t56-,62+,63+,65+,68+,70-,74+,75+,81+,82+,83+,84-;/m1./s1. The number of anilines is 2. The number of rotatable bonds is 48. The lowest BCUT2D eigenvalue weighted by Crippen LogP contribution is -2.71. The van der Waals surface area contributed by atoms with E-state index in [0.29, 0.717) is 88.1 Å². The third-order valence-electron chi connectivity index (χ3n) is 23.0. The number of carbonyl (C=O) groups excluding carboxylic acids is 9. The van der Waals surface area contributed by atoms with E-state index in [1.807, 2.05) is 62.5 Å². The minimum absolute atomic E-state index is 0. The number of aromatic nitrogens is 3. The molecule has 4 aromatic rings. The second-order valence-corrected chi connectivity index (χ2v) is 31.1. The van der Waals surface area contributed by atoms with Crippen molar-refractivity contribution >= 4 is 78.0 Å². The number of benzene rings is 3. The number of urea groups is 1. The number of likely N-dealkylation sites (N-methyl/N-ethyl adjacent to an activating group) is 1. The number of para-hydroxylation sites is 1. The van der Waals surface area contributed by atoms with Gasteiger partial charge in [0, 0.05) is 84.8 Å². The van der Waals surface area contributed by atoms with E-state index < -0.39 is 113 Å². The third-order valence-corrected chi connectivity index (χ3v) is 23.0. The van der Waals surface area contributed by atoms with Crippen LogP contribution in [-0.2, 0) is 101 Å². The molecule has 2 aliphatic heterocycles. The molecule has 4 aliphatic carbocycles. The van der Waals surface area contributed by atoms with E-state index >= 15 is 8.78 Å².